The van der Waals surface area contributed by atoms with Gasteiger partial charge in [0.25, 0.3) is 5.91 Å². The van der Waals surface area contributed by atoms with Crippen LogP contribution in [0.25, 0.3) is 0 Å². The van der Waals surface area contributed by atoms with Gasteiger partial charge in [0, 0.05) is 23.3 Å². The lowest BCUT2D eigenvalue weighted by Crippen LogP contribution is -2.41. The molecule has 7 heteroatoms. The van der Waals surface area contributed by atoms with E-state index in [0.717, 1.165) is 37.8 Å². The summed E-state index contributed by atoms with van der Waals surface area (Å²) in [5.41, 5.74) is 4.47. The number of carbonyl (C=O) groups is 1. The zero-order valence-electron chi connectivity index (χ0n) is 13.3. The molecule has 128 valence electrons. The lowest BCUT2D eigenvalue weighted by atomic mass is 9.90. The van der Waals surface area contributed by atoms with Crippen LogP contribution in [0.5, 0.6) is 0 Å². The Morgan fingerprint density at radius 2 is 1.78 bits per heavy atom. The fourth-order valence-electron chi connectivity index (χ4n) is 2.95. The van der Waals surface area contributed by atoms with Crippen LogP contribution in [-0.2, 0) is 6.18 Å². The summed E-state index contributed by atoms with van der Waals surface area (Å²) in [6.45, 7) is 0. The van der Waals surface area contributed by atoms with Crippen molar-refractivity contribution in [3.63, 3.8) is 0 Å². The summed E-state index contributed by atoms with van der Waals surface area (Å²) in [7, 11) is 4.05. The Morgan fingerprint density at radius 3 is 2.30 bits per heavy atom. The van der Waals surface area contributed by atoms with Gasteiger partial charge in [-0.15, -0.1) is 0 Å². The first-order chi connectivity index (χ1) is 10.7. The molecule has 1 amide bonds. The average Bonchev–Trinajstić information content (AvgIpc) is 2.46. The van der Waals surface area contributed by atoms with E-state index in [0.29, 0.717) is 6.04 Å². The zero-order valence-corrected chi connectivity index (χ0v) is 13.3. The highest BCUT2D eigenvalue weighted by molar-refractivity contribution is 5.95. The first kappa shape index (κ1) is 17.6. The molecule has 1 aliphatic rings. The van der Waals surface area contributed by atoms with Crippen LogP contribution >= 0.6 is 0 Å². The summed E-state index contributed by atoms with van der Waals surface area (Å²) < 4.78 is 38.4. The van der Waals surface area contributed by atoms with Crippen LogP contribution in [0.4, 0.5) is 18.9 Å². The van der Waals surface area contributed by atoms with Gasteiger partial charge in [0.05, 0.1) is 5.56 Å². The van der Waals surface area contributed by atoms with Crippen molar-refractivity contribution in [2.45, 2.75) is 43.9 Å². The number of halogens is 3. The highest BCUT2D eigenvalue weighted by Gasteiger charge is 2.32. The molecule has 23 heavy (non-hydrogen) atoms. The summed E-state index contributed by atoms with van der Waals surface area (Å²) in [5.74, 6) is -0.504. The molecule has 0 spiro atoms. The largest absolute Gasteiger partial charge is 0.416 e. The van der Waals surface area contributed by atoms with E-state index in [9.17, 15) is 18.0 Å². The monoisotopic (exact) mass is 329 g/mol. The molecule has 1 aromatic rings. The molecule has 0 radical (unpaired) electrons. The molecule has 1 aromatic carbocycles. The van der Waals surface area contributed by atoms with E-state index in [1.165, 1.54) is 6.07 Å². The third kappa shape index (κ3) is 4.60. The molecule has 4 nitrogen and oxygen atoms in total. The third-order valence-corrected chi connectivity index (χ3v) is 4.31. The van der Waals surface area contributed by atoms with Gasteiger partial charge in [0.15, 0.2) is 0 Å². The lowest BCUT2D eigenvalue weighted by Gasteiger charge is -2.33. The molecule has 0 unspecified atom stereocenters. The Hall–Kier alpha value is -1.76. The van der Waals surface area contributed by atoms with Gasteiger partial charge in [-0.25, -0.2) is 0 Å². The van der Waals surface area contributed by atoms with Gasteiger partial charge in [-0.05, 0) is 58.0 Å². The number of rotatable bonds is 3. The molecular formula is C16H22F3N3O. The minimum Gasteiger partial charge on any atom is -0.399 e. The van der Waals surface area contributed by atoms with E-state index in [4.69, 9.17) is 5.73 Å². The highest BCUT2D eigenvalue weighted by Crippen LogP contribution is 2.31. The predicted octanol–water partition coefficient (Wildman–Crippen LogP) is 2.89. The topological polar surface area (TPSA) is 58.4 Å². The molecule has 0 saturated heterocycles. The number of hydrogen-bond donors (Lipinski definition) is 2. The van der Waals surface area contributed by atoms with Gasteiger partial charge in [-0.2, -0.15) is 13.2 Å². The van der Waals surface area contributed by atoms with E-state index >= 15 is 0 Å². The summed E-state index contributed by atoms with van der Waals surface area (Å²) in [4.78, 5) is 14.4. The van der Waals surface area contributed by atoms with Crippen molar-refractivity contribution in [3.05, 3.63) is 29.3 Å². The van der Waals surface area contributed by atoms with Crippen molar-refractivity contribution in [1.29, 1.82) is 0 Å². The maximum Gasteiger partial charge on any atom is 0.416 e. The Morgan fingerprint density at radius 1 is 1.17 bits per heavy atom. The number of nitrogens with two attached hydrogens (primary N) is 1. The van der Waals surface area contributed by atoms with E-state index in [2.05, 4.69) is 10.2 Å². The lowest BCUT2D eigenvalue weighted by molar-refractivity contribution is -0.137. The molecule has 0 bridgehead atoms. The Balaban J connectivity index is 2.03. The van der Waals surface area contributed by atoms with Gasteiger partial charge < -0.3 is 16.0 Å². The fraction of sp³-hybridized carbons (Fsp3) is 0.562. The van der Waals surface area contributed by atoms with Crippen LogP contribution in [-0.4, -0.2) is 37.0 Å². The number of anilines is 1. The van der Waals surface area contributed by atoms with Crippen molar-refractivity contribution in [1.82, 2.24) is 10.2 Å². The fourth-order valence-corrected chi connectivity index (χ4v) is 2.95. The van der Waals surface area contributed by atoms with E-state index in [-0.39, 0.29) is 17.3 Å². The predicted molar refractivity (Wildman–Crippen MR) is 83.1 cm³/mol. The summed E-state index contributed by atoms with van der Waals surface area (Å²) in [5, 5.41) is 2.82. The number of alkyl halides is 3. The number of hydrogen-bond acceptors (Lipinski definition) is 3. The highest BCUT2D eigenvalue weighted by atomic mass is 19.4. The number of nitrogens with zero attached hydrogens (tertiary/aromatic N) is 1. The van der Waals surface area contributed by atoms with Crippen LogP contribution in [0.15, 0.2) is 18.2 Å². The van der Waals surface area contributed by atoms with Crippen molar-refractivity contribution in [2.24, 2.45) is 0 Å². The van der Waals surface area contributed by atoms with Gasteiger partial charge in [-0.1, -0.05) is 0 Å². The van der Waals surface area contributed by atoms with Crippen molar-refractivity contribution >= 4 is 11.6 Å². The third-order valence-electron chi connectivity index (χ3n) is 4.31. The van der Waals surface area contributed by atoms with E-state index in [1.54, 1.807) is 0 Å². The van der Waals surface area contributed by atoms with Crippen LogP contribution in [0.3, 0.4) is 0 Å². The number of benzene rings is 1. The molecule has 0 aromatic heterocycles. The molecule has 1 aliphatic carbocycles. The summed E-state index contributed by atoms with van der Waals surface area (Å²) in [6, 6.07) is 3.44. The molecule has 0 atom stereocenters. The zero-order chi connectivity index (χ0) is 17.2. The second-order valence-electron chi connectivity index (χ2n) is 6.28. The first-order valence-electron chi connectivity index (χ1n) is 7.62. The molecule has 1 fully saturated rings. The average molecular weight is 329 g/mol. The maximum absolute atomic E-state index is 12.8. The van der Waals surface area contributed by atoms with Crippen LogP contribution < -0.4 is 11.1 Å². The normalized spacial score (nSPS) is 22.2. The first-order valence-corrected chi connectivity index (χ1v) is 7.62. The van der Waals surface area contributed by atoms with E-state index < -0.39 is 17.6 Å². The number of carbonyl (C=O) groups excluding carboxylic acids is 1. The number of nitrogens with one attached hydrogen (secondary N) is 1. The van der Waals surface area contributed by atoms with Crippen LogP contribution in [0.2, 0.25) is 0 Å². The number of amides is 1. The molecule has 3 N–H and O–H groups in total. The molecule has 2 rings (SSSR count). The van der Waals surface area contributed by atoms with Gasteiger partial charge in [0.2, 0.25) is 0 Å². The Labute approximate surface area is 133 Å². The SMILES string of the molecule is CN(C)[C@H]1CC[C@H](NC(=O)c2cc(N)cc(C(F)(F)F)c2)CC1. The second-order valence-corrected chi connectivity index (χ2v) is 6.28. The van der Waals surface area contributed by atoms with Crippen molar-refractivity contribution in [2.75, 3.05) is 19.8 Å². The molecule has 1 saturated carbocycles. The van der Waals surface area contributed by atoms with Gasteiger partial charge >= 0.3 is 6.18 Å². The smallest absolute Gasteiger partial charge is 0.399 e. The minimum absolute atomic E-state index is 0.00512. The molecule has 0 aliphatic heterocycles. The van der Waals surface area contributed by atoms with E-state index in [1.807, 2.05) is 14.1 Å². The Kier molecular flexibility index (Phi) is 5.19. The van der Waals surface area contributed by atoms with Gasteiger partial charge in [-0.3, -0.25) is 4.79 Å². The second kappa shape index (κ2) is 6.78. The minimum atomic E-state index is -4.52. The van der Waals surface area contributed by atoms with Crippen LogP contribution in [0.1, 0.15) is 41.6 Å². The van der Waals surface area contributed by atoms with Crippen molar-refractivity contribution in [3.8, 4) is 0 Å². The summed E-state index contributed by atoms with van der Waals surface area (Å²) >= 11 is 0. The maximum atomic E-state index is 12.8. The van der Waals surface area contributed by atoms with Gasteiger partial charge in [0.1, 0.15) is 0 Å². The standard InChI is InChI=1S/C16H22F3N3O/c1-22(2)14-5-3-13(4-6-14)21-15(23)10-7-11(16(17,18)19)9-12(20)8-10/h7-9,13-14H,3-6,20H2,1-2H3,(H,21,23)/t13-,14-. The quantitative estimate of drug-likeness (QED) is 0.839. The summed E-state index contributed by atoms with van der Waals surface area (Å²) in [6.07, 6.45) is -0.953. The Bertz CT molecular complexity index is 564. The molecule has 0 heterocycles. The molecular weight excluding hydrogens is 307 g/mol. The van der Waals surface area contributed by atoms with Crippen molar-refractivity contribution < 1.29 is 18.0 Å². The number of nitrogen functional groups attached to an aromatic ring is 1. The van der Waals surface area contributed by atoms with Crippen LogP contribution in [0, 0.1) is 0 Å².